The van der Waals surface area contributed by atoms with Crippen molar-refractivity contribution in [1.82, 2.24) is 15.0 Å². The Bertz CT molecular complexity index is 1600. The SMILES string of the molecule is CC(=O)Nc1ccc(N2CCN(c3nc(C(F)(F)F)nc(-c4ccc(C)cc4)c3-c3ccc(F)cc3)CC2)nc1.O=S=O. The highest BCUT2D eigenvalue weighted by Gasteiger charge is 2.38. The Morgan fingerprint density at radius 3 is 1.98 bits per heavy atom. The molecule has 4 aromatic rings. The molecule has 0 saturated carbocycles. The lowest BCUT2D eigenvalue weighted by Gasteiger charge is -2.37. The van der Waals surface area contributed by atoms with Crippen LogP contribution in [0.3, 0.4) is 0 Å². The van der Waals surface area contributed by atoms with E-state index in [1.54, 1.807) is 35.4 Å². The Balaban J connectivity index is 0.00000135. The van der Waals surface area contributed by atoms with Crippen molar-refractivity contribution in [3.8, 4) is 22.4 Å². The number of piperazine rings is 1. The minimum Gasteiger partial charge on any atom is -0.353 e. The van der Waals surface area contributed by atoms with Crippen LogP contribution in [0.5, 0.6) is 0 Å². The normalized spacial score (nSPS) is 13.2. The van der Waals surface area contributed by atoms with Gasteiger partial charge < -0.3 is 15.1 Å². The molecule has 5 rings (SSSR count). The van der Waals surface area contributed by atoms with E-state index in [2.05, 4.69) is 20.3 Å². The van der Waals surface area contributed by atoms with Crippen LogP contribution < -0.4 is 15.1 Å². The van der Waals surface area contributed by atoms with E-state index in [0.29, 0.717) is 54.4 Å². The van der Waals surface area contributed by atoms with E-state index < -0.39 is 29.4 Å². The topological polar surface area (TPSA) is 108 Å². The van der Waals surface area contributed by atoms with Gasteiger partial charge in [0.15, 0.2) is 0 Å². The standard InChI is InChI=1S/C29H26F4N6O.O2S/c1-18-3-5-21(6-4-18)26-25(20-7-9-22(30)10-8-20)27(37-28(36-26)29(31,32)33)39-15-13-38(14-16-39)24-12-11-23(17-34-24)35-19(2)40;1-3-2/h3-12,17H,13-16H2,1-2H3,(H,35,40);. The van der Waals surface area contributed by atoms with Crippen LogP contribution in [0.4, 0.5) is 34.9 Å². The lowest BCUT2D eigenvalue weighted by Crippen LogP contribution is -2.47. The molecule has 1 aliphatic heterocycles. The van der Waals surface area contributed by atoms with Crippen LogP contribution in [0.15, 0.2) is 66.9 Å². The summed E-state index contributed by atoms with van der Waals surface area (Å²) < 4.78 is 72.5. The number of alkyl halides is 3. The summed E-state index contributed by atoms with van der Waals surface area (Å²) in [4.78, 5) is 27.5. The number of carbonyl (C=O) groups is 1. The van der Waals surface area contributed by atoms with E-state index in [9.17, 15) is 22.4 Å². The van der Waals surface area contributed by atoms with Gasteiger partial charge in [0.2, 0.25) is 11.7 Å². The maximum absolute atomic E-state index is 14.0. The van der Waals surface area contributed by atoms with Crippen LogP contribution in [0.25, 0.3) is 22.4 Å². The summed E-state index contributed by atoms with van der Waals surface area (Å²) >= 11 is -0.750. The minimum absolute atomic E-state index is 0.126. The smallest absolute Gasteiger partial charge is 0.353 e. The number of pyridine rings is 1. The van der Waals surface area contributed by atoms with Crippen LogP contribution in [-0.2, 0) is 22.5 Å². The van der Waals surface area contributed by atoms with Crippen molar-refractivity contribution in [2.45, 2.75) is 20.0 Å². The largest absolute Gasteiger partial charge is 0.451 e. The summed E-state index contributed by atoms with van der Waals surface area (Å²) in [7, 11) is 0. The molecule has 2 aromatic heterocycles. The van der Waals surface area contributed by atoms with Crippen LogP contribution in [0, 0.1) is 12.7 Å². The highest BCUT2D eigenvalue weighted by atomic mass is 32.1. The van der Waals surface area contributed by atoms with Gasteiger partial charge in [-0.15, -0.1) is 0 Å². The Hall–Kier alpha value is -4.72. The molecule has 1 amide bonds. The fraction of sp³-hybridized carbons (Fsp3) is 0.241. The predicted octanol–water partition coefficient (Wildman–Crippen LogP) is 5.29. The maximum Gasteiger partial charge on any atom is 0.451 e. The van der Waals surface area contributed by atoms with Crippen molar-refractivity contribution < 1.29 is 30.8 Å². The van der Waals surface area contributed by atoms with Crippen molar-refractivity contribution in [1.29, 1.82) is 0 Å². The number of aromatic nitrogens is 3. The molecule has 43 heavy (non-hydrogen) atoms. The zero-order valence-electron chi connectivity index (χ0n) is 23.1. The number of amides is 1. The zero-order chi connectivity index (χ0) is 31.1. The fourth-order valence-electron chi connectivity index (χ4n) is 4.60. The Labute approximate surface area is 248 Å². The second kappa shape index (κ2) is 13.5. The quantitative estimate of drug-likeness (QED) is 0.303. The lowest BCUT2D eigenvalue weighted by molar-refractivity contribution is -0.144. The number of rotatable bonds is 5. The number of halogens is 4. The number of aryl methyl sites for hydroxylation is 1. The summed E-state index contributed by atoms with van der Waals surface area (Å²) in [6, 6.07) is 16.2. The first-order valence-corrected chi connectivity index (χ1v) is 13.6. The van der Waals surface area contributed by atoms with Crippen molar-refractivity contribution in [2.24, 2.45) is 0 Å². The fourth-order valence-corrected chi connectivity index (χ4v) is 4.60. The van der Waals surface area contributed by atoms with Gasteiger partial charge in [0.25, 0.3) is 0 Å². The molecule has 1 fully saturated rings. The van der Waals surface area contributed by atoms with Gasteiger partial charge in [-0.3, -0.25) is 4.79 Å². The van der Waals surface area contributed by atoms with Crippen LogP contribution in [0.2, 0.25) is 0 Å². The van der Waals surface area contributed by atoms with E-state index >= 15 is 0 Å². The molecular weight excluding hydrogens is 588 g/mol. The van der Waals surface area contributed by atoms with E-state index in [1.807, 2.05) is 24.0 Å². The molecule has 3 heterocycles. The van der Waals surface area contributed by atoms with Gasteiger partial charge in [-0.2, -0.15) is 21.6 Å². The molecule has 1 aliphatic rings. The van der Waals surface area contributed by atoms with Crippen molar-refractivity contribution >= 4 is 34.8 Å². The summed E-state index contributed by atoms with van der Waals surface area (Å²) in [5.74, 6) is -1.07. The molecule has 0 unspecified atom stereocenters. The van der Waals surface area contributed by atoms with Gasteiger partial charge in [0, 0.05) is 38.7 Å². The van der Waals surface area contributed by atoms with Gasteiger partial charge in [-0.1, -0.05) is 42.0 Å². The van der Waals surface area contributed by atoms with Gasteiger partial charge in [-0.25, -0.2) is 19.3 Å². The van der Waals surface area contributed by atoms with Gasteiger partial charge in [0.1, 0.15) is 17.5 Å². The van der Waals surface area contributed by atoms with Crippen LogP contribution in [-0.4, -0.2) is 55.5 Å². The Morgan fingerprint density at radius 2 is 1.44 bits per heavy atom. The molecule has 14 heteroatoms. The van der Waals surface area contributed by atoms with E-state index in [4.69, 9.17) is 8.42 Å². The summed E-state index contributed by atoms with van der Waals surface area (Å²) in [6.07, 6.45) is -3.21. The molecular formula is C29H26F4N6O3S. The maximum atomic E-state index is 14.0. The Morgan fingerprint density at radius 1 is 0.860 bits per heavy atom. The second-order valence-corrected chi connectivity index (χ2v) is 9.73. The van der Waals surface area contributed by atoms with E-state index in [0.717, 1.165) is 5.56 Å². The molecule has 0 bridgehead atoms. The molecule has 0 spiro atoms. The number of nitrogens with one attached hydrogen (secondary N) is 1. The average Bonchev–Trinajstić information content (AvgIpc) is 2.98. The zero-order valence-corrected chi connectivity index (χ0v) is 23.9. The number of nitrogens with zero attached hydrogens (tertiary/aromatic N) is 5. The number of carbonyl (C=O) groups excluding carboxylic acids is 1. The van der Waals surface area contributed by atoms with Gasteiger partial charge in [-0.05, 0) is 36.8 Å². The third-order valence-corrected chi connectivity index (χ3v) is 6.57. The summed E-state index contributed by atoms with van der Waals surface area (Å²) in [5, 5.41) is 2.67. The van der Waals surface area contributed by atoms with E-state index in [1.165, 1.54) is 31.2 Å². The summed E-state index contributed by atoms with van der Waals surface area (Å²) in [5.41, 5.74) is 3.07. The highest BCUT2D eigenvalue weighted by Crippen LogP contribution is 2.41. The first kappa shape index (κ1) is 31.2. The molecule has 0 atom stereocenters. The molecule has 2 aromatic carbocycles. The molecule has 1 saturated heterocycles. The molecule has 9 nitrogen and oxygen atoms in total. The third kappa shape index (κ3) is 7.77. The van der Waals surface area contributed by atoms with Gasteiger partial charge in [0.05, 0.1) is 23.1 Å². The number of hydrogen-bond donors (Lipinski definition) is 1. The molecule has 1 N–H and O–H groups in total. The average molecular weight is 615 g/mol. The molecule has 224 valence electrons. The number of benzene rings is 2. The number of hydrogen-bond acceptors (Lipinski definition) is 8. The first-order valence-electron chi connectivity index (χ1n) is 13.0. The van der Waals surface area contributed by atoms with Crippen LogP contribution in [0.1, 0.15) is 18.3 Å². The van der Waals surface area contributed by atoms with Gasteiger partial charge >= 0.3 is 17.7 Å². The number of anilines is 3. The molecule has 0 aliphatic carbocycles. The highest BCUT2D eigenvalue weighted by molar-refractivity contribution is 7.51. The van der Waals surface area contributed by atoms with Crippen molar-refractivity contribution in [3.05, 3.63) is 84.1 Å². The van der Waals surface area contributed by atoms with Crippen molar-refractivity contribution in [3.63, 3.8) is 0 Å². The minimum atomic E-state index is -4.77. The van der Waals surface area contributed by atoms with Crippen molar-refractivity contribution in [2.75, 3.05) is 41.3 Å². The van der Waals surface area contributed by atoms with Crippen LogP contribution >= 0.6 is 0 Å². The third-order valence-electron chi connectivity index (χ3n) is 6.57. The lowest BCUT2D eigenvalue weighted by atomic mass is 9.98. The predicted molar refractivity (Wildman–Crippen MR) is 154 cm³/mol. The summed E-state index contributed by atoms with van der Waals surface area (Å²) in [6.45, 7) is 4.98. The second-order valence-electron chi connectivity index (χ2n) is 9.59. The van der Waals surface area contributed by atoms with E-state index in [-0.39, 0.29) is 17.4 Å². The monoisotopic (exact) mass is 614 g/mol. The molecule has 0 radical (unpaired) electrons. The first-order chi connectivity index (χ1) is 20.5. The Kier molecular flexibility index (Phi) is 9.80.